The van der Waals surface area contributed by atoms with Crippen LogP contribution in [0.4, 0.5) is 27.5 Å². The number of ether oxygens (including phenoxy) is 8. The van der Waals surface area contributed by atoms with Gasteiger partial charge < -0.3 is 114 Å². The number of carbonyl (C=O) groups excluding carboxylic acids is 9. The Kier molecular flexibility index (Phi) is 29.0. The highest BCUT2D eigenvalue weighted by Gasteiger charge is 2.49. The molecule has 1 unspecified atom stereocenters. The van der Waals surface area contributed by atoms with Gasteiger partial charge in [-0.05, 0) is 85.3 Å². The number of methoxy groups -OCH3 is 2. The smallest absolute Gasteiger partial charge is 0.416 e. The topological polar surface area (TPSA) is 437 Å². The summed E-state index contributed by atoms with van der Waals surface area (Å²) in [5.74, 6) is 0.920. The van der Waals surface area contributed by atoms with Gasteiger partial charge in [-0.2, -0.15) is 0 Å². The molecule has 10 rings (SSSR count). The highest BCUT2D eigenvalue weighted by atomic mass is 16.7. The molecule has 6 heterocycles. The number of carbonyl (C=O) groups is 10. The summed E-state index contributed by atoms with van der Waals surface area (Å²) in [5, 5.41) is 70.2. The number of carboxylic acids is 1. The predicted molar refractivity (Wildman–Crippen MR) is 401 cm³/mol. The molecule has 34 nitrogen and oxygen atoms in total. The molecular weight excluding hydrogens is 1460 g/mol. The van der Waals surface area contributed by atoms with Gasteiger partial charge in [0.2, 0.25) is 29.9 Å². The molecule has 11 N–H and O–H groups in total. The standard InChI is InChI=1S/C78H91N11O23/c1-46-35-59-75(101)89(56-40-62(61(106-5)39-53(56)74(100)88(59)41-46)109-30-10-17-65(92)83-51-37-58(86(3)43-51)73(99)84-52-38-57(85(2)44-52)72(98)82-27-12-29-105-4)78(104)110-45-47-18-21-60(111-77-69(96)67(94)68(95)70(112-77)76(102)103)54(36-47)71(97)81-26-11-25-79-63(90)23-31-107-33-34-108-32-24-64(91)80-28-22-66(93)87-42-50-15-7-6-13-48(50)19-20-49-14-8-9-16-55(49)87/h6-9,13-16,18,21,36-40,43-44,59,67-70,75,77,94-96,101H,1,10-12,17,22-35,41-42,45H2,2-5H3,(H,79,90)(H,80,91)(H,81,97)(H,82,98)(H,83,92)(H,84,99)(H,102,103)/t59-,67-,68-,69+,70-,75?,77+/m0/s1. The second-order valence-electron chi connectivity index (χ2n) is 26.7. The van der Waals surface area contributed by atoms with E-state index >= 15 is 0 Å². The zero-order valence-corrected chi connectivity index (χ0v) is 62.2. The Bertz CT molecular complexity index is 4530. The third kappa shape index (κ3) is 21.3. The Morgan fingerprint density at radius 1 is 0.607 bits per heavy atom. The quantitative estimate of drug-likeness (QED) is 0.0153. The molecule has 0 spiro atoms. The van der Waals surface area contributed by atoms with Crippen molar-refractivity contribution in [2.24, 2.45) is 14.1 Å². The molecule has 34 heteroatoms. The Morgan fingerprint density at radius 3 is 1.97 bits per heavy atom. The third-order valence-corrected chi connectivity index (χ3v) is 18.6. The van der Waals surface area contributed by atoms with Crippen molar-refractivity contribution < 1.29 is 111 Å². The summed E-state index contributed by atoms with van der Waals surface area (Å²) in [6.45, 7) is 5.15. The Morgan fingerprint density at radius 2 is 1.26 bits per heavy atom. The second-order valence-corrected chi connectivity index (χ2v) is 26.7. The fourth-order valence-corrected chi connectivity index (χ4v) is 12.8. The normalized spacial score (nSPS) is 18.1. The molecule has 0 radical (unpaired) electrons. The van der Waals surface area contributed by atoms with Crippen LogP contribution in [0.2, 0.25) is 0 Å². The molecule has 2 fully saturated rings. The number of benzene rings is 4. The Balaban J connectivity index is 0.698. The van der Waals surface area contributed by atoms with Crippen LogP contribution < -0.4 is 55.9 Å². The average Bonchev–Trinajstić information content (AvgIpc) is 1.57. The maximum absolute atomic E-state index is 14.6. The summed E-state index contributed by atoms with van der Waals surface area (Å²) in [5.41, 5.74) is 4.62. The number of aromatic nitrogens is 2. The molecule has 4 aliphatic rings. The van der Waals surface area contributed by atoms with Gasteiger partial charge in [-0.15, -0.1) is 0 Å². The van der Waals surface area contributed by atoms with Crippen LogP contribution in [0.3, 0.4) is 0 Å². The first kappa shape index (κ1) is 82.8. The largest absolute Gasteiger partial charge is 0.493 e. The minimum atomic E-state index is -2.07. The van der Waals surface area contributed by atoms with Gasteiger partial charge in [0.05, 0.1) is 86.6 Å². The van der Waals surface area contributed by atoms with Crippen molar-refractivity contribution >= 4 is 82.1 Å². The van der Waals surface area contributed by atoms with Gasteiger partial charge in [0, 0.05) is 116 Å². The Hall–Kier alpha value is -11.7. The molecule has 0 saturated carbocycles. The first-order chi connectivity index (χ1) is 53.9. The predicted octanol–water partition coefficient (Wildman–Crippen LogP) is 3.21. The van der Waals surface area contributed by atoms with Gasteiger partial charge in [0.1, 0.15) is 42.1 Å². The van der Waals surface area contributed by atoms with Gasteiger partial charge in [-0.25, -0.2) is 14.5 Å². The fourth-order valence-electron chi connectivity index (χ4n) is 12.8. The van der Waals surface area contributed by atoms with E-state index < -0.39 is 85.3 Å². The lowest BCUT2D eigenvalue weighted by Crippen LogP contribution is -2.61. The monoisotopic (exact) mass is 1550 g/mol. The van der Waals surface area contributed by atoms with Crippen molar-refractivity contribution in [1.82, 2.24) is 35.3 Å². The van der Waals surface area contributed by atoms with Crippen LogP contribution in [0.1, 0.15) is 115 Å². The Labute approximate surface area is 644 Å². The minimum absolute atomic E-state index is 0.0102. The van der Waals surface area contributed by atoms with Crippen LogP contribution in [-0.4, -0.2) is 228 Å². The van der Waals surface area contributed by atoms with E-state index in [2.05, 4.69) is 50.3 Å². The van der Waals surface area contributed by atoms with E-state index in [4.69, 9.17) is 37.9 Å². The number of hydrogen-bond acceptors (Lipinski definition) is 22. The molecule has 7 atom stereocenters. The van der Waals surface area contributed by atoms with Crippen molar-refractivity contribution in [2.75, 3.05) is 107 Å². The summed E-state index contributed by atoms with van der Waals surface area (Å²) >= 11 is 0. The molecule has 6 aromatic rings. The number of anilines is 4. The van der Waals surface area contributed by atoms with E-state index in [1.165, 1.54) is 53.0 Å². The number of aryl methyl sites for hydroxylation is 2. The van der Waals surface area contributed by atoms with Crippen molar-refractivity contribution in [2.45, 2.75) is 107 Å². The molecule has 4 aromatic carbocycles. The van der Waals surface area contributed by atoms with Gasteiger partial charge in [-0.3, -0.25) is 38.4 Å². The number of aliphatic carboxylic acids is 1. The summed E-state index contributed by atoms with van der Waals surface area (Å²) in [6.07, 6.45) is -8.88. The molecule has 112 heavy (non-hydrogen) atoms. The maximum atomic E-state index is 14.6. The van der Waals surface area contributed by atoms with Gasteiger partial charge in [0.15, 0.2) is 23.8 Å². The number of nitrogens with one attached hydrogen (secondary N) is 6. The lowest BCUT2D eigenvalue weighted by Gasteiger charge is -2.38. The first-order valence-electron chi connectivity index (χ1n) is 36.3. The summed E-state index contributed by atoms with van der Waals surface area (Å²) in [6, 6.07) is 23.6. The highest BCUT2D eigenvalue weighted by Crippen LogP contribution is 2.42. The molecular formula is C78H91N11O23. The van der Waals surface area contributed by atoms with Crippen LogP contribution >= 0.6 is 0 Å². The van der Waals surface area contributed by atoms with E-state index in [1.807, 2.05) is 48.5 Å². The number of hydrogen-bond donors (Lipinski definition) is 11. The number of rotatable bonds is 36. The lowest BCUT2D eigenvalue weighted by atomic mass is 9.99. The van der Waals surface area contributed by atoms with Crippen LogP contribution in [0.15, 0.2) is 116 Å². The number of aliphatic hydroxyl groups excluding tert-OH is 4. The first-order valence-corrected chi connectivity index (χ1v) is 36.3. The minimum Gasteiger partial charge on any atom is -0.493 e. The van der Waals surface area contributed by atoms with Crippen LogP contribution in [-0.2, 0) is 74.9 Å². The fraction of sp³-hybridized carbons (Fsp3) is 0.410. The SMILES string of the molecule is C=C1C[C@H]2C(O)N(C(=O)OCc3ccc(O[C@@H]4O[C@H](C(=O)O)[C@@H](O)[C@H](O)[C@H]4O)c(C(=O)NCCCNC(=O)CCOCCOCCC(=O)NCCC(=O)N4Cc5ccccc5C#Cc5ccccc54)c3)c3cc(OCCCC(=O)Nc4cc(C(=O)Nc5cc(C(=O)NCCCOC)n(C)c5)n(C)c4)c(OC)cc3C(=O)N2C1. The van der Waals surface area contributed by atoms with Crippen molar-refractivity contribution in [3.8, 4) is 29.1 Å². The van der Waals surface area contributed by atoms with Crippen LogP contribution in [0, 0.1) is 11.8 Å². The van der Waals surface area contributed by atoms with Crippen LogP contribution in [0.25, 0.3) is 0 Å². The summed E-state index contributed by atoms with van der Waals surface area (Å²) < 4.78 is 48.0. The number of carboxylic acid groups (broad SMARTS) is 1. The zero-order chi connectivity index (χ0) is 80.1. The van der Waals surface area contributed by atoms with Gasteiger partial charge in [-0.1, -0.05) is 60.4 Å². The number of fused-ring (bicyclic) bond motifs is 4. The van der Waals surface area contributed by atoms with E-state index in [0.717, 1.165) is 21.6 Å². The molecule has 0 aliphatic carbocycles. The average molecular weight is 1550 g/mol. The van der Waals surface area contributed by atoms with Crippen molar-refractivity contribution in [3.63, 3.8) is 0 Å². The van der Waals surface area contributed by atoms with E-state index in [1.54, 1.807) is 49.1 Å². The number of amides is 9. The number of nitrogens with zero attached hydrogens (tertiary/aromatic N) is 5. The lowest BCUT2D eigenvalue weighted by molar-refractivity contribution is -0.271. The van der Waals surface area contributed by atoms with Crippen LogP contribution in [0.5, 0.6) is 17.2 Å². The number of aliphatic hydroxyl groups is 4. The molecule has 4 aliphatic heterocycles. The summed E-state index contributed by atoms with van der Waals surface area (Å²) in [7, 11) is 6.20. The maximum Gasteiger partial charge on any atom is 0.416 e. The highest BCUT2D eigenvalue weighted by molar-refractivity contribution is 6.07. The molecule has 596 valence electrons. The van der Waals surface area contributed by atoms with Crippen molar-refractivity contribution in [1.29, 1.82) is 0 Å². The summed E-state index contributed by atoms with van der Waals surface area (Å²) in [4.78, 5) is 137. The second kappa shape index (κ2) is 39.3. The number of para-hydroxylation sites is 1. The molecule has 9 amide bonds. The van der Waals surface area contributed by atoms with Crippen molar-refractivity contribution in [3.05, 3.63) is 160 Å². The molecule has 2 saturated heterocycles. The van der Waals surface area contributed by atoms with E-state index in [0.29, 0.717) is 54.4 Å². The zero-order valence-electron chi connectivity index (χ0n) is 62.2. The van der Waals surface area contributed by atoms with E-state index in [9.17, 15) is 73.5 Å². The third-order valence-electron chi connectivity index (χ3n) is 18.6. The van der Waals surface area contributed by atoms with Gasteiger partial charge in [0.25, 0.3) is 23.6 Å². The van der Waals surface area contributed by atoms with E-state index in [-0.39, 0.29) is 173 Å². The molecule has 0 bridgehead atoms. The molecule has 2 aromatic heterocycles. The van der Waals surface area contributed by atoms with Gasteiger partial charge >= 0.3 is 12.1 Å².